The van der Waals surface area contributed by atoms with Gasteiger partial charge in [-0.25, -0.2) is 0 Å². The molecule has 1 aliphatic heterocycles. The normalized spacial score (nSPS) is 21.9. The Kier molecular flexibility index (Phi) is 2.99. The summed E-state index contributed by atoms with van der Waals surface area (Å²) in [5, 5.41) is 5.04. The Bertz CT molecular complexity index is 623. The van der Waals surface area contributed by atoms with Crippen LogP contribution in [0.2, 0.25) is 5.02 Å². The van der Waals surface area contributed by atoms with Crippen LogP contribution >= 0.6 is 11.6 Å². The van der Waals surface area contributed by atoms with Crippen LogP contribution in [-0.4, -0.2) is 9.78 Å². The summed E-state index contributed by atoms with van der Waals surface area (Å²) in [4.78, 5) is 0. The van der Waals surface area contributed by atoms with Gasteiger partial charge in [0.15, 0.2) is 0 Å². The van der Waals surface area contributed by atoms with Crippen LogP contribution in [-0.2, 0) is 7.05 Å². The first-order valence-electron chi connectivity index (χ1n) is 6.26. The van der Waals surface area contributed by atoms with Crippen molar-refractivity contribution in [2.45, 2.75) is 25.5 Å². The van der Waals surface area contributed by atoms with E-state index in [4.69, 9.17) is 22.1 Å². The number of rotatable bonds is 1. The summed E-state index contributed by atoms with van der Waals surface area (Å²) in [5.74, 6) is 0.816. The Morgan fingerprint density at radius 3 is 2.89 bits per heavy atom. The van der Waals surface area contributed by atoms with Crippen LogP contribution in [0.25, 0.3) is 0 Å². The van der Waals surface area contributed by atoms with Crippen molar-refractivity contribution >= 4 is 11.6 Å². The van der Waals surface area contributed by atoms with E-state index in [0.717, 1.165) is 29.0 Å². The summed E-state index contributed by atoms with van der Waals surface area (Å²) < 4.78 is 7.85. The molecule has 2 atom stereocenters. The second-order valence-electron chi connectivity index (χ2n) is 4.97. The van der Waals surface area contributed by atoms with E-state index in [1.54, 1.807) is 4.68 Å². The highest BCUT2D eigenvalue weighted by Crippen LogP contribution is 2.41. The first-order valence-corrected chi connectivity index (χ1v) is 6.64. The van der Waals surface area contributed by atoms with Crippen LogP contribution < -0.4 is 10.5 Å². The number of hydrogen-bond donors (Lipinski definition) is 1. The topological polar surface area (TPSA) is 53.1 Å². The molecule has 0 spiro atoms. The molecule has 2 N–H and O–H groups in total. The highest BCUT2D eigenvalue weighted by molar-refractivity contribution is 6.30. The lowest BCUT2D eigenvalue weighted by molar-refractivity contribution is 0.161. The highest BCUT2D eigenvalue weighted by atomic mass is 35.5. The van der Waals surface area contributed by atoms with Crippen molar-refractivity contribution in [3.8, 4) is 5.75 Å². The van der Waals surface area contributed by atoms with E-state index < -0.39 is 0 Å². The van der Waals surface area contributed by atoms with Crippen molar-refractivity contribution in [2.24, 2.45) is 12.8 Å². The van der Waals surface area contributed by atoms with Gasteiger partial charge < -0.3 is 10.5 Å². The zero-order valence-electron chi connectivity index (χ0n) is 10.9. The molecule has 0 bridgehead atoms. The lowest BCUT2D eigenvalue weighted by atomic mass is 9.94. The number of fused-ring (bicyclic) bond motifs is 1. The van der Waals surface area contributed by atoms with Gasteiger partial charge in [-0.15, -0.1) is 0 Å². The third-order valence-electron chi connectivity index (χ3n) is 3.51. The lowest BCUT2D eigenvalue weighted by Gasteiger charge is -2.30. The maximum atomic E-state index is 6.23. The van der Waals surface area contributed by atoms with E-state index in [1.165, 1.54) is 0 Å². The van der Waals surface area contributed by atoms with Gasteiger partial charge in [-0.3, -0.25) is 4.68 Å². The molecule has 0 aliphatic carbocycles. The van der Waals surface area contributed by atoms with Gasteiger partial charge in [0.25, 0.3) is 0 Å². The van der Waals surface area contributed by atoms with E-state index in [-0.39, 0.29) is 12.1 Å². The first-order chi connectivity index (χ1) is 9.04. The second kappa shape index (κ2) is 4.54. The summed E-state index contributed by atoms with van der Waals surface area (Å²) in [6.07, 6.45) is 2.69. The van der Waals surface area contributed by atoms with E-state index in [9.17, 15) is 0 Å². The minimum absolute atomic E-state index is 0.0441. The Morgan fingerprint density at radius 1 is 1.42 bits per heavy atom. The van der Waals surface area contributed by atoms with Crippen LogP contribution in [0.1, 0.15) is 35.4 Å². The largest absolute Gasteiger partial charge is 0.485 e. The Hall–Kier alpha value is -1.52. The average molecular weight is 278 g/mol. The van der Waals surface area contributed by atoms with E-state index in [1.807, 2.05) is 38.4 Å². The van der Waals surface area contributed by atoms with Crippen molar-refractivity contribution in [2.75, 3.05) is 0 Å². The van der Waals surface area contributed by atoms with Crippen LogP contribution in [0, 0.1) is 6.92 Å². The molecule has 2 aromatic rings. The highest BCUT2D eigenvalue weighted by Gasteiger charge is 2.29. The summed E-state index contributed by atoms with van der Waals surface area (Å²) in [6, 6.07) is 5.53. The molecule has 0 saturated carbocycles. The van der Waals surface area contributed by atoms with Gasteiger partial charge in [0, 0.05) is 41.9 Å². The van der Waals surface area contributed by atoms with Crippen LogP contribution in [0.5, 0.6) is 5.75 Å². The van der Waals surface area contributed by atoms with Gasteiger partial charge in [0.05, 0.1) is 5.69 Å². The van der Waals surface area contributed by atoms with Gasteiger partial charge in [0.1, 0.15) is 11.9 Å². The standard InChI is InChI=1S/C14H16ClN3O/c1-8-11(7-18(2)17-8)14-6-12(16)10-5-9(15)3-4-13(10)19-14/h3-5,7,12,14H,6,16H2,1-2H3. The minimum atomic E-state index is -0.0629. The molecular formula is C14H16ClN3O. The molecule has 0 saturated heterocycles. The second-order valence-corrected chi connectivity index (χ2v) is 5.41. The molecule has 100 valence electrons. The lowest BCUT2D eigenvalue weighted by Crippen LogP contribution is -2.24. The molecule has 4 nitrogen and oxygen atoms in total. The summed E-state index contributed by atoms with van der Waals surface area (Å²) in [7, 11) is 1.91. The molecule has 0 amide bonds. The quantitative estimate of drug-likeness (QED) is 0.872. The summed E-state index contributed by atoms with van der Waals surface area (Å²) in [6.45, 7) is 1.99. The SMILES string of the molecule is Cc1nn(C)cc1C1CC(N)c2cc(Cl)ccc2O1. The van der Waals surface area contributed by atoms with E-state index in [0.29, 0.717) is 5.02 Å². The third kappa shape index (κ3) is 2.22. The molecule has 2 heterocycles. The fourth-order valence-electron chi connectivity index (χ4n) is 2.60. The monoisotopic (exact) mass is 277 g/mol. The van der Waals surface area contributed by atoms with Gasteiger partial charge in [-0.2, -0.15) is 5.10 Å². The maximum absolute atomic E-state index is 6.23. The average Bonchev–Trinajstić information content (AvgIpc) is 2.69. The first kappa shape index (κ1) is 12.5. The zero-order valence-corrected chi connectivity index (χ0v) is 11.7. The predicted molar refractivity (Wildman–Crippen MR) is 74.3 cm³/mol. The number of aryl methyl sites for hydroxylation is 2. The fraction of sp³-hybridized carbons (Fsp3) is 0.357. The number of hydrogen-bond acceptors (Lipinski definition) is 3. The number of nitrogens with zero attached hydrogens (tertiary/aromatic N) is 2. The Balaban J connectivity index is 1.97. The number of nitrogens with two attached hydrogens (primary N) is 1. The summed E-state index contributed by atoms with van der Waals surface area (Å²) >= 11 is 6.00. The molecule has 1 aromatic carbocycles. The Labute approximate surface area is 117 Å². The molecule has 2 unspecified atom stereocenters. The summed E-state index contributed by atoms with van der Waals surface area (Å²) in [5.41, 5.74) is 9.29. The molecular weight excluding hydrogens is 262 g/mol. The molecule has 0 radical (unpaired) electrons. The van der Waals surface area contributed by atoms with Gasteiger partial charge in [0.2, 0.25) is 0 Å². The maximum Gasteiger partial charge on any atom is 0.129 e. The minimum Gasteiger partial charge on any atom is -0.485 e. The molecule has 19 heavy (non-hydrogen) atoms. The van der Waals surface area contributed by atoms with E-state index >= 15 is 0 Å². The van der Waals surface area contributed by atoms with Gasteiger partial charge in [-0.05, 0) is 25.1 Å². The van der Waals surface area contributed by atoms with Crippen LogP contribution in [0.4, 0.5) is 0 Å². The number of halogens is 1. The van der Waals surface area contributed by atoms with Crippen molar-refractivity contribution in [3.63, 3.8) is 0 Å². The van der Waals surface area contributed by atoms with Crippen LogP contribution in [0.15, 0.2) is 24.4 Å². The van der Waals surface area contributed by atoms with Crippen molar-refractivity contribution < 1.29 is 4.74 Å². The fourth-order valence-corrected chi connectivity index (χ4v) is 2.78. The van der Waals surface area contributed by atoms with E-state index in [2.05, 4.69) is 5.10 Å². The molecule has 3 rings (SSSR count). The number of benzene rings is 1. The molecule has 1 aromatic heterocycles. The molecule has 5 heteroatoms. The predicted octanol–water partition coefficient (Wildman–Crippen LogP) is 2.91. The zero-order chi connectivity index (χ0) is 13.6. The van der Waals surface area contributed by atoms with Crippen LogP contribution in [0.3, 0.4) is 0 Å². The smallest absolute Gasteiger partial charge is 0.129 e. The molecule has 1 aliphatic rings. The molecule has 0 fully saturated rings. The Morgan fingerprint density at radius 2 is 2.21 bits per heavy atom. The van der Waals surface area contributed by atoms with Gasteiger partial charge in [-0.1, -0.05) is 11.6 Å². The van der Waals surface area contributed by atoms with Crippen molar-refractivity contribution in [1.29, 1.82) is 0 Å². The van der Waals surface area contributed by atoms with Gasteiger partial charge >= 0.3 is 0 Å². The van der Waals surface area contributed by atoms with Crippen molar-refractivity contribution in [3.05, 3.63) is 46.2 Å². The van der Waals surface area contributed by atoms with Crippen molar-refractivity contribution in [1.82, 2.24) is 9.78 Å². The third-order valence-corrected chi connectivity index (χ3v) is 3.74. The number of ether oxygens (including phenoxy) is 1. The number of aromatic nitrogens is 2.